The average Bonchev–Trinajstić information content (AvgIpc) is 2.85. The lowest BCUT2D eigenvalue weighted by Gasteiger charge is -2.34. The normalized spacial score (nSPS) is 12.8. The second-order valence-electron chi connectivity index (χ2n) is 10.7. The third-order valence-corrected chi connectivity index (χ3v) is 6.18. The summed E-state index contributed by atoms with van der Waals surface area (Å²) in [5.74, 6) is -1.16. The number of benzene rings is 2. The molecule has 2 aromatic rings. The van der Waals surface area contributed by atoms with Gasteiger partial charge in [0.25, 0.3) is 5.91 Å². The van der Waals surface area contributed by atoms with Crippen molar-refractivity contribution in [3.63, 3.8) is 0 Å². The first kappa shape index (κ1) is 31.6. The van der Waals surface area contributed by atoms with Crippen molar-refractivity contribution in [2.75, 3.05) is 18.5 Å². The number of para-hydroxylation sites is 1. The predicted octanol–water partition coefficient (Wildman–Crippen LogP) is 4.98. The number of aliphatic hydroxyl groups is 1. The summed E-state index contributed by atoms with van der Waals surface area (Å²) in [5, 5.41) is 25.7. The second kappa shape index (κ2) is 14.5. The third kappa shape index (κ3) is 9.58. The average molecular weight is 542 g/mol. The molecule has 0 fully saturated rings. The van der Waals surface area contributed by atoms with Crippen molar-refractivity contribution in [3.8, 4) is 5.75 Å². The van der Waals surface area contributed by atoms with Crippen LogP contribution in [0.3, 0.4) is 0 Å². The van der Waals surface area contributed by atoms with Crippen molar-refractivity contribution in [1.29, 1.82) is 0 Å². The summed E-state index contributed by atoms with van der Waals surface area (Å²) in [4.78, 5) is 41.6. The number of carbonyl (C=O) groups excluding carboxylic acids is 3. The van der Waals surface area contributed by atoms with Gasteiger partial charge < -0.3 is 30.5 Å². The fourth-order valence-electron chi connectivity index (χ4n) is 4.28. The van der Waals surface area contributed by atoms with Crippen LogP contribution in [0.4, 0.5) is 10.5 Å². The number of alkyl carbamates (subject to hydrolysis) is 1. The first-order chi connectivity index (χ1) is 18.4. The number of carbonyl (C=O) groups is 3. The maximum Gasteiger partial charge on any atom is 0.408 e. The van der Waals surface area contributed by atoms with E-state index < -0.39 is 42.2 Å². The number of amides is 3. The number of nitrogens with one attached hydrogen (secondary N) is 2. The Balaban J connectivity index is 2.52. The molecule has 0 aromatic heterocycles. The van der Waals surface area contributed by atoms with Gasteiger partial charge in [0.15, 0.2) is 0 Å². The molecule has 2 unspecified atom stereocenters. The molecule has 0 radical (unpaired) electrons. The van der Waals surface area contributed by atoms with Crippen molar-refractivity contribution in [2.45, 2.75) is 84.9 Å². The minimum atomic E-state index is -1.33. The number of ether oxygens (including phenoxy) is 1. The summed E-state index contributed by atoms with van der Waals surface area (Å²) >= 11 is 0. The molecule has 0 aliphatic heterocycles. The minimum Gasteiger partial charge on any atom is -0.508 e. The molecule has 3 amide bonds. The van der Waals surface area contributed by atoms with Crippen LogP contribution in [0, 0.1) is 13.8 Å². The topological polar surface area (TPSA) is 128 Å². The lowest BCUT2D eigenvalue weighted by Crippen LogP contribution is -2.54. The van der Waals surface area contributed by atoms with Gasteiger partial charge in [-0.05, 0) is 69.9 Å². The van der Waals surface area contributed by atoms with Gasteiger partial charge >= 0.3 is 6.09 Å². The molecule has 4 N–H and O–H groups in total. The van der Waals surface area contributed by atoms with E-state index in [1.54, 1.807) is 32.9 Å². The highest BCUT2D eigenvalue weighted by Crippen LogP contribution is 2.29. The number of aryl methyl sites for hydroxylation is 2. The summed E-state index contributed by atoms with van der Waals surface area (Å²) in [7, 11) is 0. The van der Waals surface area contributed by atoms with Crippen molar-refractivity contribution >= 4 is 23.6 Å². The highest BCUT2D eigenvalue weighted by Gasteiger charge is 2.36. The van der Waals surface area contributed by atoms with Gasteiger partial charge in [-0.1, -0.05) is 56.5 Å². The van der Waals surface area contributed by atoms with Crippen LogP contribution in [0.25, 0.3) is 0 Å². The molecule has 214 valence electrons. The Morgan fingerprint density at radius 3 is 2.21 bits per heavy atom. The summed E-state index contributed by atoms with van der Waals surface area (Å²) in [5.41, 5.74) is 1.95. The molecule has 2 atom stereocenters. The van der Waals surface area contributed by atoms with Crippen molar-refractivity contribution in [1.82, 2.24) is 10.2 Å². The number of phenolic OH excluding ortho intramolecular Hbond substituents is 1. The number of phenols is 1. The largest absolute Gasteiger partial charge is 0.508 e. The van der Waals surface area contributed by atoms with E-state index in [0.717, 1.165) is 30.4 Å². The molecule has 0 spiro atoms. The van der Waals surface area contributed by atoms with E-state index in [2.05, 4.69) is 17.6 Å². The zero-order valence-corrected chi connectivity index (χ0v) is 23.9. The Labute approximate surface area is 231 Å². The molecule has 0 saturated heterocycles. The maximum atomic E-state index is 13.9. The Hall–Kier alpha value is -3.59. The van der Waals surface area contributed by atoms with E-state index in [1.807, 2.05) is 32.0 Å². The third-order valence-electron chi connectivity index (χ3n) is 6.18. The molecule has 0 bridgehead atoms. The van der Waals surface area contributed by atoms with Gasteiger partial charge in [-0.2, -0.15) is 0 Å². The second-order valence-corrected chi connectivity index (χ2v) is 10.7. The van der Waals surface area contributed by atoms with Crippen molar-refractivity contribution in [2.24, 2.45) is 0 Å². The summed E-state index contributed by atoms with van der Waals surface area (Å²) in [6.07, 6.45) is 2.52. The Kier molecular flexibility index (Phi) is 11.8. The zero-order chi connectivity index (χ0) is 29.2. The zero-order valence-electron chi connectivity index (χ0n) is 23.9. The van der Waals surface area contributed by atoms with E-state index in [0.29, 0.717) is 17.7 Å². The Morgan fingerprint density at radius 2 is 1.64 bits per heavy atom. The monoisotopic (exact) mass is 541 g/mol. The lowest BCUT2D eigenvalue weighted by molar-refractivity contribution is -0.141. The predicted molar refractivity (Wildman–Crippen MR) is 151 cm³/mol. The molecule has 9 nitrogen and oxygen atoms in total. The number of aliphatic hydroxyl groups excluding tert-OH is 1. The molecular formula is C30H43N3O6. The van der Waals surface area contributed by atoms with Crippen LogP contribution in [0.2, 0.25) is 0 Å². The van der Waals surface area contributed by atoms with Crippen LogP contribution in [-0.4, -0.2) is 57.8 Å². The van der Waals surface area contributed by atoms with E-state index >= 15 is 0 Å². The van der Waals surface area contributed by atoms with Gasteiger partial charge in [0, 0.05) is 12.2 Å². The van der Waals surface area contributed by atoms with Gasteiger partial charge in [0.1, 0.15) is 23.4 Å². The van der Waals surface area contributed by atoms with Crippen molar-refractivity contribution < 1.29 is 29.3 Å². The van der Waals surface area contributed by atoms with Gasteiger partial charge in [0.05, 0.1) is 6.61 Å². The standard InChI is InChI=1S/C30H43N3O6/c1-7-8-9-10-17-33(28(37)24(19-34)31-29(38)39-30(4,5)6)26(22-15-12-16-23(35)18-22)27(36)32-25-20(2)13-11-14-21(25)3/h11-16,18,24,26,34-35H,7-10,17,19H2,1-6H3,(H,31,38)(H,32,36). The molecule has 2 aromatic carbocycles. The lowest BCUT2D eigenvalue weighted by atomic mass is 10.0. The van der Waals surface area contributed by atoms with Crippen LogP contribution in [-0.2, 0) is 14.3 Å². The van der Waals surface area contributed by atoms with E-state index in [1.165, 1.54) is 17.0 Å². The fourth-order valence-corrected chi connectivity index (χ4v) is 4.28. The van der Waals surface area contributed by atoms with E-state index in [-0.39, 0.29) is 12.3 Å². The van der Waals surface area contributed by atoms with Crippen LogP contribution in [0.15, 0.2) is 42.5 Å². The fraction of sp³-hybridized carbons (Fsp3) is 0.500. The quantitative estimate of drug-likeness (QED) is 0.281. The molecule has 0 aliphatic carbocycles. The number of unbranched alkanes of at least 4 members (excludes halogenated alkanes) is 3. The first-order valence-corrected chi connectivity index (χ1v) is 13.4. The van der Waals surface area contributed by atoms with Gasteiger partial charge in [-0.3, -0.25) is 9.59 Å². The molecular weight excluding hydrogens is 498 g/mol. The van der Waals surface area contributed by atoms with Crippen LogP contribution < -0.4 is 10.6 Å². The number of aromatic hydroxyl groups is 1. The SMILES string of the molecule is CCCCCCN(C(=O)C(CO)NC(=O)OC(C)(C)C)C(C(=O)Nc1c(C)cccc1C)c1cccc(O)c1. The van der Waals surface area contributed by atoms with E-state index in [4.69, 9.17) is 4.74 Å². The smallest absolute Gasteiger partial charge is 0.408 e. The summed E-state index contributed by atoms with van der Waals surface area (Å²) < 4.78 is 5.28. The molecule has 0 aliphatic rings. The first-order valence-electron chi connectivity index (χ1n) is 13.4. The highest BCUT2D eigenvalue weighted by atomic mass is 16.6. The van der Waals surface area contributed by atoms with Crippen molar-refractivity contribution in [3.05, 3.63) is 59.2 Å². The molecule has 2 rings (SSSR count). The van der Waals surface area contributed by atoms with Gasteiger partial charge in [0.2, 0.25) is 5.91 Å². The Morgan fingerprint density at radius 1 is 1.00 bits per heavy atom. The van der Waals surface area contributed by atoms with Gasteiger partial charge in [-0.25, -0.2) is 4.79 Å². The molecule has 0 saturated carbocycles. The highest BCUT2D eigenvalue weighted by molar-refractivity contribution is 6.00. The van der Waals surface area contributed by atoms with Crippen LogP contribution >= 0.6 is 0 Å². The Bertz CT molecular complexity index is 1110. The van der Waals surface area contributed by atoms with E-state index in [9.17, 15) is 24.6 Å². The summed E-state index contributed by atoms with van der Waals surface area (Å²) in [6.45, 7) is 10.4. The van der Waals surface area contributed by atoms with Gasteiger partial charge in [-0.15, -0.1) is 0 Å². The number of hydrogen-bond donors (Lipinski definition) is 4. The maximum absolute atomic E-state index is 13.9. The van der Waals surface area contributed by atoms with Crippen LogP contribution in [0.1, 0.15) is 76.1 Å². The minimum absolute atomic E-state index is 0.0543. The summed E-state index contributed by atoms with van der Waals surface area (Å²) in [6, 6.07) is 9.37. The number of hydrogen-bond acceptors (Lipinski definition) is 6. The molecule has 39 heavy (non-hydrogen) atoms. The number of rotatable bonds is 12. The number of nitrogens with zero attached hydrogens (tertiary/aromatic N) is 1. The number of anilines is 1. The molecule has 0 heterocycles. The molecule has 9 heteroatoms. The van der Waals surface area contributed by atoms with Crippen LogP contribution in [0.5, 0.6) is 5.75 Å².